The number of hydrogen-bond donors (Lipinski definition) is 1. The Morgan fingerprint density at radius 2 is 2.08 bits per heavy atom. The van der Waals surface area contributed by atoms with E-state index >= 15 is 0 Å². The number of aliphatic hydroxyl groups excluding tert-OH is 1. The summed E-state index contributed by atoms with van der Waals surface area (Å²) in [5.41, 5.74) is 0.408. The molecule has 0 amide bonds. The van der Waals surface area contributed by atoms with Crippen molar-refractivity contribution >= 4 is 0 Å². The van der Waals surface area contributed by atoms with Crippen molar-refractivity contribution in [2.75, 3.05) is 13.2 Å². The molecule has 0 spiro atoms. The third kappa shape index (κ3) is 6.23. The maximum atomic E-state index is 13.9. The summed E-state index contributed by atoms with van der Waals surface area (Å²) in [6.07, 6.45) is 1.70. The highest BCUT2D eigenvalue weighted by Gasteiger charge is 2.19. The molecule has 1 heterocycles. The van der Waals surface area contributed by atoms with Gasteiger partial charge in [-0.25, -0.2) is 8.78 Å². The molecule has 2 atom stereocenters. The molecule has 1 aromatic carbocycles. The van der Waals surface area contributed by atoms with Crippen molar-refractivity contribution in [3.05, 3.63) is 59.6 Å². The fraction of sp³-hybridized carbons (Fsp3) is 0.474. The molecule has 0 unspecified atom stereocenters. The molecule has 1 N–H and O–H groups in total. The lowest BCUT2D eigenvalue weighted by Crippen LogP contribution is -2.40. The lowest BCUT2D eigenvalue weighted by Gasteiger charge is -2.30. The van der Waals surface area contributed by atoms with Gasteiger partial charge in [-0.1, -0.05) is 13.0 Å². The Kier molecular flexibility index (Phi) is 7.55. The van der Waals surface area contributed by atoms with Gasteiger partial charge in [0.1, 0.15) is 24.0 Å². The van der Waals surface area contributed by atoms with Gasteiger partial charge in [0.15, 0.2) is 0 Å². The van der Waals surface area contributed by atoms with E-state index in [1.165, 1.54) is 12.1 Å². The van der Waals surface area contributed by atoms with Crippen molar-refractivity contribution in [3.8, 4) is 0 Å². The third-order valence-electron chi connectivity index (χ3n) is 4.18. The predicted octanol–water partition coefficient (Wildman–Crippen LogP) is 3.74. The van der Waals surface area contributed by atoms with Gasteiger partial charge in [0, 0.05) is 30.8 Å². The number of aliphatic hydroxyl groups is 1. The van der Waals surface area contributed by atoms with Crippen molar-refractivity contribution in [2.24, 2.45) is 0 Å². The van der Waals surface area contributed by atoms with Crippen LogP contribution in [0.4, 0.5) is 8.78 Å². The van der Waals surface area contributed by atoms with Crippen LogP contribution in [0.15, 0.2) is 41.0 Å². The molecular weight excluding hydrogens is 328 g/mol. The van der Waals surface area contributed by atoms with Crippen LogP contribution >= 0.6 is 0 Å². The highest BCUT2D eigenvalue weighted by Crippen LogP contribution is 2.16. The highest BCUT2D eigenvalue weighted by molar-refractivity contribution is 5.18. The van der Waals surface area contributed by atoms with Gasteiger partial charge >= 0.3 is 0 Å². The fourth-order valence-corrected chi connectivity index (χ4v) is 2.54. The Morgan fingerprint density at radius 3 is 2.72 bits per heavy atom. The van der Waals surface area contributed by atoms with Crippen LogP contribution in [-0.4, -0.2) is 35.3 Å². The van der Waals surface area contributed by atoms with E-state index in [1.807, 2.05) is 18.7 Å². The highest BCUT2D eigenvalue weighted by atomic mass is 19.1. The zero-order valence-corrected chi connectivity index (χ0v) is 14.6. The summed E-state index contributed by atoms with van der Waals surface area (Å²) in [7, 11) is 0. The normalized spacial score (nSPS) is 14.0. The van der Waals surface area contributed by atoms with Crippen molar-refractivity contribution in [3.63, 3.8) is 0 Å². The lowest BCUT2D eigenvalue weighted by molar-refractivity contribution is -0.00290. The number of ether oxygens (including phenoxy) is 1. The van der Waals surface area contributed by atoms with Crippen LogP contribution in [0.1, 0.15) is 31.6 Å². The van der Waals surface area contributed by atoms with E-state index in [-0.39, 0.29) is 12.6 Å². The van der Waals surface area contributed by atoms with E-state index in [2.05, 4.69) is 0 Å². The van der Waals surface area contributed by atoms with Crippen LogP contribution in [0, 0.1) is 11.6 Å². The molecule has 25 heavy (non-hydrogen) atoms. The second-order valence-electron chi connectivity index (χ2n) is 6.17. The number of benzene rings is 1. The average Bonchev–Trinajstić information content (AvgIpc) is 3.09. The van der Waals surface area contributed by atoms with Gasteiger partial charge in [-0.2, -0.15) is 0 Å². The SMILES string of the molecule is CC[C@H](C)N(Cc1ccc(F)cc1F)C[C@@H](O)COCc1ccco1. The molecule has 4 nitrogen and oxygen atoms in total. The van der Waals surface area contributed by atoms with Gasteiger partial charge in [-0.15, -0.1) is 0 Å². The Bertz CT molecular complexity index is 634. The Labute approximate surface area is 147 Å². The van der Waals surface area contributed by atoms with Gasteiger partial charge < -0.3 is 14.3 Å². The molecule has 0 saturated heterocycles. The van der Waals surface area contributed by atoms with Crippen molar-refractivity contribution < 1.29 is 23.0 Å². The van der Waals surface area contributed by atoms with E-state index in [4.69, 9.17) is 9.15 Å². The molecule has 0 aliphatic carbocycles. The maximum Gasteiger partial charge on any atom is 0.130 e. The fourth-order valence-electron chi connectivity index (χ4n) is 2.54. The maximum absolute atomic E-state index is 13.9. The summed E-state index contributed by atoms with van der Waals surface area (Å²) in [4.78, 5) is 1.97. The van der Waals surface area contributed by atoms with E-state index < -0.39 is 17.7 Å². The topological polar surface area (TPSA) is 45.8 Å². The Hall–Kier alpha value is -1.76. The van der Waals surface area contributed by atoms with E-state index in [0.29, 0.717) is 31.0 Å². The van der Waals surface area contributed by atoms with Crippen LogP contribution in [-0.2, 0) is 17.9 Å². The molecule has 0 aliphatic heterocycles. The summed E-state index contributed by atoms with van der Waals surface area (Å²) >= 11 is 0. The summed E-state index contributed by atoms with van der Waals surface area (Å²) in [5, 5.41) is 10.2. The van der Waals surface area contributed by atoms with Crippen LogP contribution < -0.4 is 0 Å². The largest absolute Gasteiger partial charge is 0.467 e. The van der Waals surface area contributed by atoms with E-state index in [1.54, 1.807) is 18.4 Å². The zero-order chi connectivity index (χ0) is 18.2. The molecule has 0 aliphatic rings. The minimum atomic E-state index is -0.715. The quantitative estimate of drug-likeness (QED) is 0.707. The molecular formula is C19H25F2NO3. The van der Waals surface area contributed by atoms with Crippen LogP contribution in [0.3, 0.4) is 0 Å². The van der Waals surface area contributed by atoms with E-state index in [9.17, 15) is 13.9 Å². The van der Waals surface area contributed by atoms with Gasteiger partial charge in [0.25, 0.3) is 0 Å². The first kappa shape index (κ1) is 19.6. The van der Waals surface area contributed by atoms with Gasteiger partial charge in [-0.3, -0.25) is 4.90 Å². The molecule has 0 radical (unpaired) electrons. The Balaban J connectivity index is 1.90. The van der Waals surface area contributed by atoms with Crippen molar-refractivity contribution in [1.29, 1.82) is 0 Å². The molecule has 2 aromatic rings. The van der Waals surface area contributed by atoms with Crippen LogP contribution in [0.5, 0.6) is 0 Å². The molecule has 0 fully saturated rings. The van der Waals surface area contributed by atoms with Crippen LogP contribution in [0.2, 0.25) is 0 Å². The standard InChI is InChI=1S/C19H25F2NO3/c1-3-14(2)22(10-15-6-7-16(20)9-19(15)21)11-17(23)12-24-13-18-5-4-8-25-18/h4-9,14,17,23H,3,10-13H2,1-2H3/t14-,17+/m0/s1. The van der Waals surface area contributed by atoms with Crippen molar-refractivity contribution in [2.45, 2.75) is 45.6 Å². The molecule has 1 aromatic heterocycles. The minimum Gasteiger partial charge on any atom is -0.467 e. The second kappa shape index (κ2) is 9.65. The molecule has 138 valence electrons. The predicted molar refractivity (Wildman–Crippen MR) is 90.9 cm³/mol. The first-order valence-corrected chi connectivity index (χ1v) is 8.45. The van der Waals surface area contributed by atoms with Crippen molar-refractivity contribution in [1.82, 2.24) is 4.90 Å². The first-order valence-electron chi connectivity index (χ1n) is 8.45. The number of furan rings is 1. The monoisotopic (exact) mass is 353 g/mol. The number of halogens is 2. The van der Waals surface area contributed by atoms with Crippen LogP contribution in [0.25, 0.3) is 0 Å². The Morgan fingerprint density at radius 1 is 1.28 bits per heavy atom. The molecule has 0 saturated carbocycles. The van der Waals surface area contributed by atoms with Gasteiger partial charge in [-0.05, 0) is 31.5 Å². The average molecular weight is 353 g/mol. The molecule has 0 bridgehead atoms. The summed E-state index contributed by atoms with van der Waals surface area (Å²) in [6.45, 7) is 5.12. The number of nitrogens with zero attached hydrogens (tertiary/aromatic N) is 1. The lowest BCUT2D eigenvalue weighted by atomic mass is 10.1. The number of hydrogen-bond acceptors (Lipinski definition) is 4. The molecule has 2 rings (SSSR count). The summed E-state index contributed by atoms with van der Waals surface area (Å²) in [6, 6.07) is 7.29. The van der Waals surface area contributed by atoms with Gasteiger partial charge in [0.05, 0.1) is 19.0 Å². The van der Waals surface area contributed by atoms with Gasteiger partial charge in [0.2, 0.25) is 0 Å². The summed E-state index contributed by atoms with van der Waals surface area (Å²) < 4.78 is 37.6. The third-order valence-corrected chi connectivity index (χ3v) is 4.18. The number of rotatable bonds is 10. The minimum absolute atomic E-state index is 0.143. The van der Waals surface area contributed by atoms with E-state index in [0.717, 1.165) is 12.5 Å². The smallest absolute Gasteiger partial charge is 0.130 e. The second-order valence-corrected chi connectivity index (χ2v) is 6.17. The summed E-state index contributed by atoms with van der Waals surface area (Å²) in [5.74, 6) is -0.473. The molecule has 6 heteroatoms. The zero-order valence-electron chi connectivity index (χ0n) is 14.6. The first-order chi connectivity index (χ1) is 12.0.